The van der Waals surface area contributed by atoms with Crippen LogP contribution in [0.15, 0.2) is 54.6 Å². The second-order valence-electron chi connectivity index (χ2n) is 7.26. The Hall–Kier alpha value is -2.08. The van der Waals surface area contributed by atoms with Crippen LogP contribution >= 0.6 is 11.6 Å². The monoisotopic (exact) mass is 385 g/mol. The number of halogens is 1. The molecule has 0 saturated carbocycles. The van der Waals surface area contributed by atoms with Gasteiger partial charge in [0, 0.05) is 50.0 Å². The summed E-state index contributed by atoms with van der Waals surface area (Å²) in [5, 5.41) is 11.7. The van der Waals surface area contributed by atoms with Gasteiger partial charge in [-0.2, -0.15) is 0 Å². The largest absolute Gasteiger partial charge is 0.389 e. The lowest BCUT2D eigenvalue weighted by atomic mass is 9.84. The van der Waals surface area contributed by atoms with Crippen molar-refractivity contribution in [1.29, 1.82) is 0 Å². The van der Waals surface area contributed by atoms with Gasteiger partial charge in [0.15, 0.2) is 0 Å². The van der Waals surface area contributed by atoms with E-state index in [4.69, 9.17) is 11.6 Å². The van der Waals surface area contributed by atoms with Crippen molar-refractivity contribution in [2.75, 3.05) is 44.2 Å². The minimum absolute atomic E-state index is 0.327. The molecule has 2 aromatic rings. The Morgan fingerprint density at radius 1 is 1.00 bits per heavy atom. The van der Waals surface area contributed by atoms with Crippen LogP contribution in [-0.4, -0.2) is 66.7 Å². The first-order chi connectivity index (χ1) is 13.1. The number of para-hydroxylation sites is 1. The second-order valence-corrected chi connectivity index (χ2v) is 7.67. The van der Waals surface area contributed by atoms with Gasteiger partial charge in [-0.05, 0) is 23.8 Å². The number of anilines is 1. The van der Waals surface area contributed by atoms with Crippen LogP contribution in [0.5, 0.6) is 0 Å². The number of rotatable bonds is 4. The third-order valence-electron chi connectivity index (χ3n) is 5.86. The van der Waals surface area contributed by atoms with Gasteiger partial charge in [-0.15, -0.1) is 0 Å². The van der Waals surface area contributed by atoms with Gasteiger partial charge in [-0.1, -0.05) is 48.0 Å². The average Bonchev–Trinajstić information content (AvgIpc) is 3.06. The maximum absolute atomic E-state index is 11.4. The van der Waals surface area contributed by atoms with E-state index in [1.807, 2.05) is 30.3 Å². The quantitative estimate of drug-likeness (QED) is 0.819. The van der Waals surface area contributed by atoms with E-state index in [2.05, 4.69) is 34.1 Å². The molecular formula is C21H24ClN3O2. The maximum atomic E-state index is 11.4. The molecule has 1 amide bonds. The fraction of sp³-hybridized carbons (Fsp3) is 0.381. The molecule has 4 rings (SSSR count). The zero-order valence-corrected chi connectivity index (χ0v) is 15.9. The summed E-state index contributed by atoms with van der Waals surface area (Å²) in [6, 6.07) is 18.0. The van der Waals surface area contributed by atoms with E-state index < -0.39 is 11.6 Å². The summed E-state index contributed by atoms with van der Waals surface area (Å²) < 4.78 is 0. The summed E-state index contributed by atoms with van der Waals surface area (Å²) in [6.45, 7) is 4.10. The van der Waals surface area contributed by atoms with E-state index in [9.17, 15) is 9.90 Å². The van der Waals surface area contributed by atoms with Crippen LogP contribution in [0.4, 0.5) is 5.69 Å². The number of aliphatic hydroxyl groups excluding tert-OH is 1. The molecule has 6 heteroatoms. The van der Waals surface area contributed by atoms with Crippen LogP contribution in [0, 0.1) is 0 Å². The molecule has 2 atom stereocenters. The number of nitrogens with zero attached hydrogens (tertiary/aromatic N) is 3. The smallest absolute Gasteiger partial charge is 0.209 e. The third kappa shape index (κ3) is 3.20. The number of aliphatic hydroxyl groups is 1. The van der Waals surface area contributed by atoms with Crippen LogP contribution in [0.1, 0.15) is 5.56 Å². The molecule has 2 aliphatic rings. The first-order valence-corrected chi connectivity index (χ1v) is 9.70. The Kier molecular flexibility index (Phi) is 5.08. The summed E-state index contributed by atoms with van der Waals surface area (Å²) >= 11 is 6.54. The minimum atomic E-state index is -0.675. The predicted octanol–water partition coefficient (Wildman–Crippen LogP) is 2.19. The van der Waals surface area contributed by atoms with Gasteiger partial charge in [0.2, 0.25) is 6.41 Å². The first kappa shape index (κ1) is 18.3. The van der Waals surface area contributed by atoms with E-state index in [0.717, 1.165) is 38.2 Å². The number of piperazine rings is 1. The average molecular weight is 386 g/mol. The molecule has 2 unspecified atom stereocenters. The Labute approximate surface area is 164 Å². The molecular weight excluding hydrogens is 362 g/mol. The second kappa shape index (κ2) is 7.50. The van der Waals surface area contributed by atoms with Gasteiger partial charge < -0.3 is 14.9 Å². The van der Waals surface area contributed by atoms with E-state index in [0.29, 0.717) is 18.1 Å². The summed E-state index contributed by atoms with van der Waals surface area (Å²) in [4.78, 5) is 17.7. The van der Waals surface area contributed by atoms with Crippen LogP contribution < -0.4 is 4.90 Å². The number of hydrogen-bond acceptors (Lipinski definition) is 4. The number of amides is 1. The molecule has 0 bridgehead atoms. The molecule has 2 saturated heterocycles. The lowest BCUT2D eigenvalue weighted by Gasteiger charge is -2.48. The van der Waals surface area contributed by atoms with Crippen LogP contribution in [0.25, 0.3) is 0 Å². The van der Waals surface area contributed by atoms with Crippen molar-refractivity contribution in [3.05, 3.63) is 65.2 Å². The zero-order chi connectivity index (χ0) is 18.9. The highest BCUT2D eigenvalue weighted by Gasteiger charge is 2.52. The van der Waals surface area contributed by atoms with Crippen molar-refractivity contribution in [3.63, 3.8) is 0 Å². The lowest BCUT2D eigenvalue weighted by Crippen LogP contribution is -2.60. The van der Waals surface area contributed by atoms with Gasteiger partial charge in [-0.3, -0.25) is 9.69 Å². The van der Waals surface area contributed by atoms with Crippen LogP contribution in [0.2, 0.25) is 5.02 Å². The highest BCUT2D eigenvalue weighted by Crippen LogP contribution is 2.41. The van der Waals surface area contributed by atoms with Gasteiger partial charge in [0.25, 0.3) is 0 Å². The fourth-order valence-corrected chi connectivity index (χ4v) is 4.79. The number of benzene rings is 2. The van der Waals surface area contributed by atoms with Crippen LogP contribution in [-0.2, 0) is 10.3 Å². The zero-order valence-electron chi connectivity index (χ0n) is 15.2. The molecule has 0 aliphatic carbocycles. The van der Waals surface area contributed by atoms with Crippen molar-refractivity contribution >= 4 is 23.7 Å². The standard InChI is InChI=1S/C21H24ClN3O2/c22-19-9-5-4-8-18(19)21(15-23(16-26)14-20(21)27)25-12-10-24(11-13-25)17-6-2-1-3-7-17/h1-9,16,20,27H,10-15H2. The molecule has 0 spiro atoms. The van der Waals surface area contributed by atoms with Crippen molar-refractivity contribution in [2.24, 2.45) is 0 Å². The van der Waals surface area contributed by atoms with E-state index >= 15 is 0 Å². The van der Waals surface area contributed by atoms with Gasteiger partial charge >= 0.3 is 0 Å². The fourth-order valence-electron chi connectivity index (χ4n) is 4.49. The number of hydrogen-bond donors (Lipinski definition) is 1. The molecule has 142 valence electrons. The molecule has 1 N–H and O–H groups in total. The Morgan fingerprint density at radius 3 is 2.30 bits per heavy atom. The Balaban J connectivity index is 1.63. The summed E-state index contributed by atoms with van der Waals surface area (Å²) in [5.41, 5.74) is 1.45. The molecule has 2 aliphatic heterocycles. The van der Waals surface area contributed by atoms with Crippen molar-refractivity contribution in [3.8, 4) is 0 Å². The van der Waals surface area contributed by atoms with Gasteiger partial charge in [-0.25, -0.2) is 0 Å². The summed E-state index contributed by atoms with van der Waals surface area (Å²) in [5.74, 6) is 0. The van der Waals surface area contributed by atoms with Gasteiger partial charge in [0.1, 0.15) is 0 Å². The molecule has 2 fully saturated rings. The Morgan fingerprint density at radius 2 is 1.67 bits per heavy atom. The normalized spacial score (nSPS) is 26.4. The highest BCUT2D eigenvalue weighted by atomic mass is 35.5. The topological polar surface area (TPSA) is 47.0 Å². The highest BCUT2D eigenvalue weighted by molar-refractivity contribution is 6.31. The first-order valence-electron chi connectivity index (χ1n) is 9.32. The number of carbonyl (C=O) groups excluding carboxylic acids is 1. The molecule has 0 radical (unpaired) electrons. The van der Waals surface area contributed by atoms with E-state index in [1.54, 1.807) is 4.90 Å². The molecule has 0 aromatic heterocycles. The molecule has 2 aromatic carbocycles. The maximum Gasteiger partial charge on any atom is 0.209 e. The van der Waals surface area contributed by atoms with Crippen molar-refractivity contribution in [2.45, 2.75) is 11.6 Å². The Bertz CT molecular complexity index is 795. The molecule has 5 nitrogen and oxygen atoms in total. The summed E-state index contributed by atoms with van der Waals surface area (Å²) in [6.07, 6.45) is 0.146. The number of carbonyl (C=O) groups is 1. The third-order valence-corrected chi connectivity index (χ3v) is 6.19. The van der Waals surface area contributed by atoms with Crippen molar-refractivity contribution < 1.29 is 9.90 Å². The summed E-state index contributed by atoms with van der Waals surface area (Å²) in [7, 11) is 0. The number of likely N-dealkylation sites (tertiary alicyclic amines) is 1. The predicted molar refractivity (Wildman–Crippen MR) is 107 cm³/mol. The molecule has 27 heavy (non-hydrogen) atoms. The van der Waals surface area contributed by atoms with E-state index in [-0.39, 0.29) is 0 Å². The van der Waals surface area contributed by atoms with Gasteiger partial charge in [0.05, 0.1) is 11.6 Å². The minimum Gasteiger partial charge on any atom is -0.389 e. The SMILES string of the molecule is O=CN1CC(O)C(c2ccccc2Cl)(N2CCN(c3ccccc3)CC2)C1. The van der Waals surface area contributed by atoms with Crippen molar-refractivity contribution in [1.82, 2.24) is 9.80 Å². The van der Waals surface area contributed by atoms with E-state index in [1.165, 1.54) is 5.69 Å². The number of β-amino-alcohol motifs (C(OH)–C–C–N with tert-alkyl or cyclic N) is 1. The molecule has 2 heterocycles. The lowest BCUT2D eigenvalue weighted by molar-refractivity contribution is -0.117. The van der Waals surface area contributed by atoms with Crippen LogP contribution in [0.3, 0.4) is 0 Å².